The number of alkyl halides is 1. The lowest BCUT2D eigenvalue weighted by molar-refractivity contribution is -0.0780. The first-order valence-electron chi connectivity index (χ1n) is 5.81. The Hall–Kier alpha value is -0.380. The maximum absolute atomic E-state index is 13.2. The van der Waals surface area contributed by atoms with Gasteiger partial charge in [-0.1, -0.05) is 11.6 Å². The molecule has 0 radical (unpaired) electrons. The van der Waals surface area contributed by atoms with Gasteiger partial charge in [0, 0.05) is 12.1 Å². The first-order valence-corrected chi connectivity index (χ1v) is 6.62. The molecule has 0 bridgehead atoms. The van der Waals surface area contributed by atoms with Crippen molar-refractivity contribution in [2.75, 3.05) is 7.11 Å². The quantitative estimate of drug-likeness (QED) is 0.569. The summed E-state index contributed by atoms with van der Waals surface area (Å²) in [7, 11) is 1.65. The Morgan fingerprint density at radius 3 is 2.44 bits per heavy atom. The van der Waals surface area contributed by atoms with Crippen LogP contribution in [0.2, 0.25) is 5.02 Å². The van der Waals surface area contributed by atoms with Gasteiger partial charge in [-0.25, -0.2) is 8.78 Å². The molecule has 1 aromatic rings. The number of ether oxygens (including phenoxy) is 1. The van der Waals surface area contributed by atoms with Gasteiger partial charge >= 0.3 is 0 Å². The van der Waals surface area contributed by atoms with E-state index in [1.807, 2.05) is 0 Å². The van der Waals surface area contributed by atoms with E-state index in [1.165, 1.54) is 0 Å². The summed E-state index contributed by atoms with van der Waals surface area (Å²) in [5.74, 6) is -1.89. The van der Waals surface area contributed by atoms with Crippen LogP contribution < -0.4 is 0 Å². The van der Waals surface area contributed by atoms with Gasteiger partial charge in [0.2, 0.25) is 0 Å². The van der Waals surface area contributed by atoms with E-state index in [0.717, 1.165) is 31.4 Å². The van der Waals surface area contributed by atoms with Gasteiger partial charge in [0.15, 0.2) is 11.6 Å². The van der Waals surface area contributed by atoms with Crippen molar-refractivity contribution in [3.8, 4) is 0 Å². The molecule has 0 aromatic heterocycles. The molecular weight excluding hydrogens is 281 g/mol. The second kappa shape index (κ2) is 5.32. The van der Waals surface area contributed by atoms with Crippen molar-refractivity contribution < 1.29 is 13.5 Å². The molecule has 0 aliphatic heterocycles. The lowest BCUT2D eigenvalue weighted by Crippen LogP contribution is -2.39. The van der Waals surface area contributed by atoms with Gasteiger partial charge in [0.05, 0.1) is 11.0 Å². The molecule has 1 aliphatic rings. The summed E-state index contributed by atoms with van der Waals surface area (Å²) in [5, 5.41) is -0.327. The van der Waals surface area contributed by atoms with Crippen LogP contribution in [0.25, 0.3) is 0 Å². The number of benzene rings is 1. The van der Waals surface area contributed by atoms with Crippen molar-refractivity contribution in [3.63, 3.8) is 0 Å². The van der Waals surface area contributed by atoms with Crippen molar-refractivity contribution in [1.82, 2.24) is 0 Å². The topological polar surface area (TPSA) is 9.23 Å². The Balaban J connectivity index is 2.18. The summed E-state index contributed by atoms with van der Waals surface area (Å²) in [6.07, 6.45) is 3.53. The molecule has 0 N–H and O–H groups in total. The lowest BCUT2D eigenvalue weighted by Gasteiger charge is -2.41. The smallest absolute Gasteiger partial charge is 0.160 e. The van der Waals surface area contributed by atoms with E-state index in [0.29, 0.717) is 12.0 Å². The lowest BCUT2D eigenvalue weighted by atomic mass is 9.76. The molecule has 1 aromatic carbocycles. The monoisotopic (exact) mass is 294 g/mol. The van der Waals surface area contributed by atoms with Crippen LogP contribution in [0.1, 0.15) is 36.6 Å². The first kappa shape index (κ1) is 14.0. The molecule has 18 heavy (non-hydrogen) atoms. The summed E-state index contributed by atoms with van der Waals surface area (Å²) >= 11 is 12.2. The molecular formula is C13H14Cl2F2O. The van der Waals surface area contributed by atoms with Crippen LogP contribution in [0.3, 0.4) is 0 Å². The van der Waals surface area contributed by atoms with Crippen molar-refractivity contribution >= 4 is 23.2 Å². The van der Waals surface area contributed by atoms with E-state index >= 15 is 0 Å². The van der Waals surface area contributed by atoms with Gasteiger partial charge in [0.25, 0.3) is 0 Å². The Bertz CT molecular complexity index is 441. The van der Waals surface area contributed by atoms with Gasteiger partial charge < -0.3 is 4.74 Å². The molecule has 0 heterocycles. The molecule has 0 spiro atoms. The third-order valence-corrected chi connectivity index (χ3v) is 4.34. The summed E-state index contributed by atoms with van der Waals surface area (Å²) < 4.78 is 31.6. The molecule has 1 aliphatic carbocycles. The Kier molecular flexibility index (Phi) is 4.15. The van der Waals surface area contributed by atoms with Crippen molar-refractivity contribution in [2.45, 2.75) is 36.7 Å². The zero-order chi connectivity index (χ0) is 13.3. The Morgan fingerprint density at radius 2 is 1.94 bits per heavy atom. The highest BCUT2D eigenvalue weighted by atomic mass is 35.5. The summed E-state index contributed by atoms with van der Waals surface area (Å²) in [6, 6.07) is 2.03. The van der Waals surface area contributed by atoms with Crippen LogP contribution in [0, 0.1) is 11.6 Å². The minimum Gasteiger partial charge on any atom is -0.378 e. The minimum atomic E-state index is -0.960. The van der Waals surface area contributed by atoms with E-state index in [4.69, 9.17) is 27.9 Å². The van der Waals surface area contributed by atoms with Crippen molar-refractivity contribution in [1.29, 1.82) is 0 Å². The molecule has 100 valence electrons. The van der Waals surface area contributed by atoms with E-state index in [2.05, 4.69) is 0 Å². The number of hydrogen-bond acceptors (Lipinski definition) is 1. The van der Waals surface area contributed by atoms with Crippen LogP contribution in [-0.2, 0) is 4.74 Å². The predicted octanol–water partition coefficient (Wildman–Crippen LogP) is 4.86. The number of hydrogen-bond donors (Lipinski definition) is 0. The van der Waals surface area contributed by atoms with Gasteiger partial charge in [-0.15, -0.1) is 11.6 Å². The fraction of sp³-hybridized carbons (Fsp3) is 0.538. The van der Waals surface area contributed by atoms with Crippen molar-refractivity contribution in [3.05, 3.63) is 34.4 Å². The maximum Gasteiger partial charge on any atom is 0.160 e. The second-order valence-electron chi connectivity index (χ2n) is 4.70. The van der Waals surface area contributed by atoms with E-state index in [-0.39, 0.29) is 10.6 Å². The first-order chi connectivity index (χ1) is 8.47. The molecule has 0 saturated heterocycles. The normalized spacial score (nSPS) is 19.4. The highest BCUT2D eigenvalue weighted by Crippen LogP contribution is 2.45. The third kappa shape index (κ3) is 2.63. The maximum atomic E-state index is 13.2. The zero-order valence-corrected chi connectivity index (χ0v) is 11.5. The SMILES string of the molecule is COC1(CC(Cl)c2cc(F)c(F)cc2Cl)CCC1. The molecule has 0 amide bonds. The average Bonchev–Trinajstić information content (AvgIpc) is 2.28. The Labute approximate surface area is 115 Å². The van der Waals surface area contributed by atoms with Crippen LogP contribution in [-0.4, -0.2) is 12.7 Å². The number of rotatable bonds is 4. The third-order valence-electron chi connectivity index (χ3n) is 3.63. The number of halogens is 4. The van der Waals surface area contributed by atoms with Crippen LogP contribution >= 0.6 is 23.2 Å². The highest BCUT2D eigenvalue weighted by molar-refractivity contribution is 6.32. The van der Waals surface area contributed by atoms with Gasteiger partial charge in [-0.2, -0.15) is 0 Å². The molecule has 1 atom stereocenters. The molecule has 2 rings (SSSR count). The summed E-state index contributed by atoms with van der Waals surface area (Å²) in [5.41, 5.74) is 0.182. The van der Waals surface area contributed by atoms with Crippen molar-refractivity contribution in [2.24, 2.45) is 0 Å². The zero-order valence-electron chi connectivity index (χ0n) is 9.98. The van der Waals surface area contributed by atoms with E-state index in [9.17, 15) is 8.78 Å². The van der Waals surface area contributed by atoms with Gasteiger partial charge in [0.1, 0.15) is 0 Å². The summed E-state index contributed by atoms with van der Waals surface area (Å²) in [4.78, 5) is 0. The second-order valence-corrected chi connectivity index (χ2v) is 5.63. The van der Waals surface area contributed by atoms with Gasteiger partial charge in [-0.3, -0.25) is 0 Å². The molecule has 1 saturated carbocycles. The molecule has 5 heteroatoms. The fourth-order valence-corrected chi connectivity index (χ4v) is 3.08. The average molecular weight is 295 g/mol. The highest BCUT2D eigenvalue weighted by Gasteiger charge is 2.39. The minimum absolute atomic E-state index is 0.152. The van der Waals surface area contributed by atoms with Gasteiger partial charge in [-0.05, 0) is 43.4 Å². The van der Waals surface area contributed by atoms with E-state index in [1.54, 1.807) is 7.11 Å². The van der Waals surface area contributed by atoms with Crippen LogP contribution in [0.15, 0.2) is 12.1 Å². The summed E-state index contributed by atoms with van der Waals surface area (Å²) in [6.45, 7) is 0. The number of methoxy groups -OCH3 is 1. The van der Waals surface area contributed by atoms with Crippen LogP contribution in [0.4, 0.5) is 8.78 Å². The molecule has 1 unspecified atom stereocenters. The molecule has 1 fully saturated rings. The predicted molar refractivity (Wildman–Crippen MR) is 68.2 cm³/mol. The largest absolute Gasteiger partial charge is 0.378 e. The van der Waals surface area contributed by atoms with Crippen LogP contribution in [0.5, 0.6) is 0 Å². The fourth-order valence-electron chi connectivity index (χ4n) is 2.28. The Morgan fingerprint density at radius 1 is 1.33 bits per heavy atom. The van der Waals surface area contributed by atoms with E-state index < -0.39 is 17.0 Å². The standard InChI is InChI=1S/C13H14Cl2F2O/c1-18-13(3-2-4-13)7-10(15)8-5-11(16)12(17)6-9(8)14/h5-6,10H,2-4,7H2,1H3. The molecule has 1 nitrogen and oxygen atoms in total.